The van der Waals surface area contributed by atoms with E-state index < -0.39 is 22.2 Å². The molecule has 1 heterocycles. The first kappa shape index (κ1) is 27.1. The Bertz CT molecular complexity index is 1580. The fraction of sp³-hybridized carbons (Fsp3) is 0.300. The minimum atomic E-state index is -4.36. The highest BCUT2D eigenvalue weighted by Gasteiger charge is 2.28. The van der Waals surface area contributed by atoms with Gasteiger partial charge in [0.25, 0.3) is 10.1 Å². The van der Waals surface area contributed by atoms with E-state index in [1.54, 1.807) is 25.1 Å². The fourth-order valence-corrected chi connectivity index (χ4v) is 6.23. The molecule has 0 bridgehead atoms. The van der Waals surface area contributed by atoms with Crippen LogP contribution in [0.3, 0.4) is 0 Å². The first-order valence-corrected chi connectivity index (χ1v) is 14.3. The second-order valence-corrected chi connectivity index (χ2v) is 11.4. The number of nitrogens with zero attached hydrogens (tertiary/aromatic N) is 1. The van der Waals surface area contributed by atoms with Crippen LogP contribution in [0.25, 0.3) is 11.1 Å². The fourth-order valence-electron chi connectivity index (χ4n) is 5.07. The molecule has 1 fully saturated rings. The van der Waals surface area contributed by atoms with Crippen LogP contribution in [-0.2, 0) is 20.9 Å². The van der Waals surface area contributed by atoms with E-state index in [1.165, 1.54) is 17.7 Å². The quantitative estimate of drug-likeness (QED) is 0.145. The third-order valence-corrected chi connectivity index (χ3v) is 8.64. The molecule has 1 atom stereocenters. The molecule has 4 aromatic rings. The van der Waals surface area contributed by atoms with Gasteiger partial charge in [0.2, 0.25) is 0 Å². The molecule has 1 aliphatic rings. The molecule has 2 N–H and O–H groups in total. The summed E-state index contributed by atoms with van der Waals surface area (Å²) in [4.78, 5) is 4.35. The Hall–Kier alpha value is -3.53. The molecule has 0 amide bonds. The summed E-state index contributed by atoms with van der Waals surface area (Å²) in [6.07, 6.45) is 4.03. The number of aromatic nitrogens is 1. The number of nitrogens with two attached hydrogens (primary N) is 1. The van der Waals surface area contributed by atoms with Crippen molar-refractivity contribution < 1.29 is 26.1 Å². The minimum absolute atomic E-state index is 0.153. The molecule has 1 aliphatic carbocycles. The smallest absolute Gasteiger partial charge is 0.299 e. The topological polar surface area (TPSA) is 105 Å². The third-order valence-electron chi connectivity index (χ3n) is 7.24. The number of hydrogen-bond donors (Lipinski definition) is 1. The van der Waals surface area contributed by atoms with E-state index in [-0.39, 0.29) is 28.5 Å². The van der Waals surface area contributed by atoms with Gasteiger partial charge in [0.1, 0.15) is 34.8 Å². The van der Waals surface area contributed by atoms with E-state index in [4.69, 9.17) is 24.1 Å². The van der Waals surface area contributed by atoms with Gasteiger partial charge in [0.15, 0.2) is 11.5 Å². The van der Waals surface area contributed by atoms with E-state index in [0.29, 0.717) is 28.7 Å². The number of ether oxygens (including phenoxy) is 1. The molecule has 0 spiro atoms. The van der Waals surface area contributed by atoms with Crippen LogP contribution in [0.2, 0.25) is 0 Å². The van der Waals surface area contributed by atoms with Gasteiger partial charge in [-0.1, -0.05) is 43.0 Å². The van der Waals surface area contributed by atoms with Crippen molar-refractivity contribution in [1.29, 1.82) is 0 Å². The van der Waals surface area contributed by atoms with Crippen LogP contribution in [0.5, 0.6) is 5.75 Å². The zero-order chi connectivity index (χ0) is 27.6. The molecular formula is C30H31FN2O5S. The highest BCUT2D eigenvalue weighted by Crippen LogP contribution is 2.41. The van der Waals surface area contributed by atoms with Crippen molar-refractivity contribution in [2.24, 2.45) is 5.73 Å². The maximum Gasteiger partial charge on any atom is 0.299 e. The summed E-state index contributed by atoms with van der Waals surface area (Å²) in [6.45, 7) is 4.61. The van der Waals surface area contributed by atoms with Crippen molar-refractivity contribution in [3.05, 3.63) is 102 Å². The van der Waals surface area contributed by atoms with Gasteiger partial charge in [-0.2, -0.15) is 8.42 Å². The molecule has 5 rings (SSSR count). The van der Waals surface area contributed by atoms with E-state index in [2.05, 4.69) is 30.8 Å². The largest absolute Gasteiger partial charge is 0.489 e. The highest BCUT2D eigenvalue weighted by molar-refractivity contribution is 7.86. The van der Waals surface area contributed by atoms with E-state index >= 15 is 4.39 Å². The first-order valence-electron chi connectivity index (χ1n) is 12.9. The third kappa shape index (κ3) is 5.90. The van der Waals surface area contributed by atoms with Gasteiger partial charge in [-0.05, 0) is 73.9 Å². The standard InChI is InChI=1S/C30H31FN2O5S/c1-3-28(32)38-39(34,35)27-16-9-19(2)29(31)24(27)18-36-23-14-15-25-26(17-23)37-30(33-25)22-12-10-21(11-13-22)20-7-5-4-6-8-20/h3-9,14-17,21-22,28H,1,10-13,18,32H2,2H3. The zero-order valence-electron chi connectivity index (χ0n) is 21.7. The molecule has 7 nitrogen and oxygen atoms in total. The lowest BCUT2D eigenvalue weighted by Gasteiger charge is -2.27. The van der Waals surface area contributed by atoms with Gasteiger partial charge in [-0.25, -0.2) is 13.6 Å². The van der Waals surface area contributed by atoms with E-state index in [9.17, 15) is 8.42 Å². The molecular weight excluding hydrogens is 519 g/mol. The molecule has 3 aromatic carbocycles. The molecule has 0 aliphatic heterocycles. The van der Waals surface area contributed by atoms with Crippen molar-refractivity contribution in [2.45, 2.75) is 62.2 Å². The van der Waals surface area contributed by atoms with Crippen molar-refractivity contribution in [2.75, 3.05) is 0 Å². The number of oxazole rings is 1. The van der Waals surface area contributed by atoms with Crippen molar-refractivity contribution in [1.82, 2.24) is 4.98 Å². The molecule has 1 saturated carbocycles. The summed E-state index contributed by atoms with van der Waals surface area (Å²) in [5, 5.41) is 0. The van der Waals surface area contributed by atoms with E-state index in [0.717, 1.165) is 31.8 Å². The second kappa shape index (κ2) is 11.3. The van der Waals surface area contributed by atoms with Gasteiger partial charge in [0.05, 0.1) is 0 Å². The molecule has 1 aromatic heterocycles. The summed E-state index contributed by atoms with van der Waals surface area (Å²) < 4.78 is 57.3. The van der Waals surface area contributed by atoms with Crippen LogP contribution in [0, 0.1) is 12.7 Å². The number of rotatable bonds is 9. The maximum atomic E-state index is 15.0. The molecule has 0 radical (unpaired) electrons. The summed E-state index contributed by atoms with van der Waals surface area (Å²) in [7, 11) is -4.36. The van der Waals surface area contributed by atoms with Crippen molar-refractivity contribution >= 4 is 21.2 Å². The normalized spacial score (nSPS) is 18.6. The molecule has 1 unspecified atom stereocenters. The SMILES string of the molecule is C=CC(N)OS(=O)(=O)c1ccc(C)c(F)c1COc1ccc2nc(C3CCC(c4ccccc4)CC3)oc2c1. The van der Waals surface area contributed by atoms with Gasteiger partial charge in [-0.3, -0.25) is 0 Å². The number of hydrogen-bond acceptors (Lipinski definition) is 7. The Morgan fingerprint density at radius 2 is 1.82 bits per heavy atom. The average molecular weight is 551 g/mol. The molecule has 9 heteroatoms. The Balaban J connectivity index is 1.31. The van der Waals surface area contributed by atoms with Crippen LogP contribution in [0.4, 0.5) is 4.39 Å². The van der Waals surface area contributed by atoms with Gasteiger partial charge < -0.3 is 14.9 Å². The van der Waals surface area contributed by atoms with Crippen molar-refractivity contribution in [3.63, 3.8) is 0 Å². The van der Waals surface area contributed by atoms with Crippen LogP contribution in [0.1, 0.15) is 60.1 Å². The second-order valence-electron chi connectivity index (χ2n) is 9.85. The number of aryl methyl sites for hydroxylation is 1. The first-order chi connectivity index (χ1) is 18.7. The Kier molecular flexibility index (Phi) is 7.83. The summed E-state index contributed by atoms with van der Waals surface area (Å²) in [5.41, 5.74) is 8.33. The Labute approximate surface area is 227 Å². The molecule has 39 heavy (non-hydrogen) atoms. The minimum Gasteiger partial charge on any atom is -0.489 e. The Morgan fingerprint density at radius 3 is 2.54 bits per heavy atom. The highest BCUT2D eigenvalue weighted by atomic mass is 32.2. The van der Waals surface area contributed by atoms with Gasteiger partial charge >= 0.3 is 0 Å². The van der Waals surface area contributed by atoms with Crippen LogP contribution in [-0.4, -0.2) is 19.6 Å². The number of benzene rings is 3. The van der Waals surface area contributed by atoms with Crippen LogP contribution in [0.15, 0.2) is 82.6 Å². The monoisotopic (exact) mass is 550 g/mol. The average Bonchev–Trinajstić information content (AvgIpc) is 3.37. The predicted octanol–water partition coefficient (Wildman–Crippen LogP) is 6.47. The number of halogens is 1. The predicted molar refractivity (Wildman–Crippen MR) is 146 cm³/mol. The van der Waals surface area contributed by atoms with Crippen molar-refractivity contribution in [3.8, 4) is 5.75 Å². The van der Waals surface area contributed by atoms with Crippen LogP contribution < -0.4 is 10.5 Å². The summed E-state index contributed by atoms with van der Waals surface area (Å²) in [5.74, 6) is 1.22. The summed E-state index contributed by atoms with van der Waals surface area (Å²) >= 11 is 0. The van der Waals surface area contributed by atoms with E-state index in [1.807, 2.05) is 6.07 Å². The Morgan fingerprint density at radius 1 is 1.10 bits per heavy atom. The lowest BCUT2D eigenvalue weighted by molar-refractivity contribution is 0.260. The zero-order valence-corrected chi connectivity index (χ0v) is 22.5. The maximum absolute atomic E-state index is 15.0. The summed E-state index contributed by atoms with van der Waals surface area (Å²) in [6, 6.07) is 18.4. The lowest BCUT2D eigenvalue weighted by Crippen LogP contribution is -2.25. The van der Waals surface area contributed by atoms with Gasteiger partial charge in [-0.15, -0.1) is 0 Å². The number of fused-ring (bicyclic) bond motifs is 1. The van der Waals surface area contributed by atoms with Crippen LogP contribution >= 0.6 is 0 Å². The molecule has 0 saturated heterocycles. The van der Waals surface area contributed by atoms with Gasteiger partial charge in [0, 0.05) is 17.5 Å². The lowest BCUT2D eigenvalue weighted by atomic mass is 9.79. The molecule has 204 valence electrons.